The van der Waals surface area contributed by atoms with E-state index >= 15 is 0 Å². The maximum absolute atomic E-state index is 11.8. The fourth-order valence-corrected chi connectivity index (χ4v) is 4.73. The zero-order valence-corrected chi connectivity index (χ0v) is 18.5. The predicted molar refractivity (Wildman–Crippen MR) is 122 cm³/mol. The quantitative estimate of drug-likeness (QED) is 0.416. The molecule has 0 radical (unpaired) electrons. The molecule has 4 heterocycles. The molecule has 164 valence electrons. The summed E-state index contributed by atoms with van der Waals surface area (Å²) >= 11 is 1.45. The Morgan fingerprint density at radius 1 is 1.12 bits per heavy atom. The third-order valence-corrected chi connectivity index (χ3v) is 6.57. The van der Waals surface area contributed by atoms with Crippen LogP contribution in [0.1, 0.15) is 40.6 Å². The van der Waals surface area contributed by atoms with Crippen LogP contribution in [0.3, 0.4) is 0 Å². The van der Waals surface area contributed by atoms with E-state index in [1.165, 1.54) is 11.3 Å². The van der Waals surface area contributed by atoms with Crippen molar-refractivity contribution in [2.24, 2.45) is 0 Å². The van der Waals surface area contributed by atoms with Crippen molar-refractivity contribution >= 4 is 27.5 Å². The number of carbonyl (C=O) groups excluding carboxylic acids is 1. The molecule has 1 aliphatic rings. The summed E-state index contributed by atoms with van der Waals surface area (Å²) in [5.41, 5.74) is 3.37. The van der Waals surface area contributed by atoms with Gasteiger partial charge in [0.15, 0.2) is 0 Å². The lowest BCUT2D eigenvalue weighted by atomic mass is 10.1. The molecule has 33 heavy (non-hydrogen) atoms. The zero-order chi connectivity index (χ0) is 22.6. The number of nitrogens with zero attached hydrogens (tertiary/aromatic N) is 6. The molecule has 1 aliphatic heterocycles. The molecular weight excluding hydrogens is 436 g/mol. The van der Waals surface area contributed by atoms with Crippen molar-refractivity contribution in [1.82, 2.24) is 24.8 Å². The highest BCUT2D eigenvalue weighted by atomic mass is 32.1. The predicted octanol–water partition coefficient (Wildman–Crippen LogP) is 3.84. The SMILES string of the molecule is N#CC(c1ccnc(OCc2ccc(CN3CCCC3=O)cc2)n1)c1nc2cnccc2s1. The lowest BCUT2D eigenvalue weighted by Gasteiger charge is -2.15. The van der Waals surface area contributed by atoms with Gasteiger partial charge >= 0.3 is 6.01 Å². The number of rotatable bonds is 7. The number of ether oxygens (including phenoxy) is 1. The first kappa shape index (κ1) is 21.0. The van der Waals surface area contributed by atoms with E-state index in [1.807, 2.05) is 35.2 Å². The molecule has 0 N–H and O–H groups in total. The van der Waals surface area contributed by atoms with E-state index in [0.717, 1.165) is 34.3 Å². The molecule has 0 spiro atoms. The van der Waals surface area contributed by atoms with Crippen LogP contribution in [0.2, 0.25) is 0 Å². The van der Waals surface area contributed by atoms with Gasteiger partial charge in [0.2, 0.25) is 5.91 Å². The number of hydrogen-bond acceptors (Lipinski definition) is 8. The van der Waals surface area contributed by atoms with Gasteiger partial charge in [-0.15, -0.1) is 11.3 Å². The van der Waals surface area contributed by atoms with Crippen LogP contribution in [-0.2, 0) is 17.9 Å². The second kappa shape index (κ2) is 9.30. The number of pyridine rings is 1. The van der Waals surface area contributed by atoms with Crippen LogP contribution < -0.4 is 4.74 Å². The van der Waals surface area contributed by atoms with Gasteiger partial charge in [0.05, 0.1) is 28.2 Å². The van der Waals surface area contributed by atoms with Crippen molar-refractivity contribution < 1.29 is 9.53 Å². The Bertz CT molecular complexity index is 1300. The second-order valence-corrected chi connectivity index (χ2v) is 8.81. The van der Waals surface area contributed by atoms with Crippen LogP contribution in [0.5, 0.6) is 6.01 Å². The Morgan fingerprint density at radius 2 is 1.97 bits per heavy atom. The lowest BCUT2D eigenvalue weighted by Crippen LogP contribution is -2.23. The number of aromatic nitrogens is 4. The highest BCUT2D eigenvalue weighted by Crippen LogP contribution is 2.30. The molecule has 9 heteroatoms. The first-order chi connectivity index (χ1) is 16.2. The third-order valence-electron chi connectivity index (χ3n) is 5.47. The molecule has 1 amide bonds. The number of hydrogen-bond donors (Lipinski definition) is 0. The molecule has 8 nitrogen and oxygen atoms in total. The molecule has 1 aromatic carbocycles. The van der Waals surface area contributed by atoms with E-state index in [4.69, 9.17) is 4.74 Å². The van der Waals surface area contributed by atoms with Gasteiger partial charge in [-0.25, -0.2) is 9.97 Å². The third kappa shape index (κ3) is 4.66. The van der Waals surface area contributed by atoms with Gasteiger partial charge in [0.1, 0.15) is 17.5 Å². The molecule has 0 saturated carbocycles. The van der Waals surface area contributed by atoms with E-state index in [0.29, 0.717) is 30.3 Å². The summed E-state index contributed by atoms with van der Waals surface area (Å²) in [4.78, 5) is 31.0. The Morgan fingerprint density at radius 3 is 2.73 bits per heavy atom. The van der Waals surface area contributed by atoms with Gasteiger partial charge in [-0.3, -0.25) is 9.78 Å². The molecule has 4 aromatic rings. The highest BCUT2D eigenvalue weighted by Gasteiger charge is 2.21. The largest absolute Gasteiger partial charge is 0.459 e. The van der Waals surface area contributed by atoms with E-state index in [9.17, 15) is 10.1 Å². The van der Waals surface area contributed by atoms with Crippen molar-refractivity contribution in [2.75, 3.05) is 6.54 Å². The van der Waals surface area contributed by atoms with Gasteiger partial charge in [-0.1, -0.05) is 24.3 Å². The Hall–Kier alpha value is -3.90. The summed E-state index contributed by atoms with van der Waals surface area (Å²) in [7, 11) is 0. The van der Waals surface area contributed by atoms with Crippen LogP contribution in [0, 0.1) is 11.3 Å². The number of amides is 1. The molecule has 0 aliphatic carbocycles. The van der Waals surface area contributed by atoms with E-state index in [2.05, 4.69) is 26.0 Å². The standard InChI is InChI=1S/C24H20N6O2S/c25-12-18(23-28-20-13-26-9-8-21(20)33-23)19-7-10-27-24(29-19)32-15-17-5-3-16(4-6-17)14-30-11-1-2-22(30)31/h3-10,13,18H,1-2,11,14-15H2. The number of benzene rings is 1. The maximum atomic E-state index is 11.8. The van der Waals surface area contributed by atoms with Crippen LogP contribution in [0.4, 0.5) is 0 Å². The van der Waals surface area contributed by atoms with Crippen LogP contribution in [-0.4, -0.2) is 37.3 Å². The van der Waals surface area contributed by atoms with E-state index in [1.54, 1.807) is 24.7 Å². The summed E-state index contributed by atoms with van der Waals surface area (Å²) in [6, 6.07) is 14.1. The second-order valence-electron chi connectivity index (χ2n) is 7.75. The average Bonchev–Trinajstić information content (AvgIpc) is 3.45. The molecule has 0 bridgehead atoms. The minimum atomic E-state index is -0.611. The van der Waals surface area contributed by atoms with Crippen LogP contribution in [0.25, 0.3) is 10.2 Å². The smallest absolute Gasteiger partial charge is 0.316 e. The Kier molecular flexibility index (Phi) is 5.91. The molecule has 5 rings (SSSR count). The summed E-state index contributed by atoms with van der Waals surface area (Å²) in [5, 5.41) is 10.4. The van der Waals surface area contributed by atoms with E-state index in [-0.39, 0.29) is 11.9 Å². The Balaban J connectivity index is 1.25. The van der Waals surface area contributed by atoms with Gasteiger partial charge in [0.25, 0.3) is 0 Å². The summed E-state index contributed by atoms with van der Waals surface area (Å²) in [6.45, 7) is 1.77. The number of carbonyl (C=O) groups is 1. The normalized spacial score (nSPS) is 14.4. The first-order valence-electron chi connectivity index (χ1n) is 10.6. The molecule has 1 unspecified atom stereocenters. The molecule has 1 fully saturated rings. The molecule has 1 atom stereocenters. The van der Waals surface area contributed by atoms with Crippen molar-refractivity contribution in [3.05, 3.63) is 76.8 Å². The first-order valence-corrected chi connectivity index (χ1v) is 11.4. The topological polar surface area (TPSA) is 105 Å². The number of fused-ring (bicyclic) bond motifs is 1. The number of likely N-dealkylation sites (tertiary alicyclic amines) is 1. The highest BCUT2D eigenvalue weighted by molar-refractivity contribution is 7.18. The van der Waals surface area contributed by atoms with Gasteiger partial charge in [-0.2, -0.15) is 10.2 Å². The maximum Gasteiger partial charge on any atom is 0.316 e. The summed E-state index contributed by atoms with van der Waals surface area (Å²) in [6.07, 6.45) is 6.57. The van der Waals surface area contributed by atoms with Crippen molar-refractivity contribution in [3.8, 4) is 12.1 Å². The van der Waals surface area contributed by atoms with Crippen LogP contribution >= 0.6 is 11.3 Å². The molecule has 3 aromatic heterocycles. The van der Waals surface area contributed by atoms with Crippen molar-refractivity contribution in [3.63, 3.8) is 0 Å². The average molecular weight is 457 g/mol. The minimum absolute atomic E-state index is 0.210. The molecule has 1 saturated heterocycles. The fraction of sp³-hybridized carbons (Fsp3) is 0.250. The number of nitriles is 1. The fourth-order valence-electron chi connectivity index (χ4n) is 3.73. The molecular formula is C24H20N6O2S. The zero-order valence-electron chi connectivity index (χ0n) is 17.7. The minimum Gasteiger partial charge on any atom is -0.459 e. The lowest BCUT2D eigenvalue weighted by molar-refractivity contribution is -0.128. The van der Waals surface area contributed by atoms with Crippen molar-refractivity contribution in [1.29, 1.82) is 5.26 Å². The van der Waals surface area contributed by atoms with Gasteiger partial charge < -0.3 is 9.64 Å². The Labute approximate surface area is 194 Å². The van der Waals surface area contributed by atoms with Crippen LogP contribution in [0.15, 0.2) is 55.0 Å². The van der Waals surface area contributed by atoms with Gasteiger partial charge in [-0.05, 0) is 29.7 Å². The summed E-state index contributed by atoms with van der Waals surface area (Å²) in [5.74, 6) is -0.391. The van der Waals surface area contributed by atoms with E-state index < -0.39 is 5.92 Å². The van der Waals surface area contributed by atoms with Crippen molar-refractivity contribution in [2.45, 2.75) is 31.9 Å². The summed E-state index contributed by atoms with van der Waals surface area (Å²) < 4.78 is 6.76. The monoisotopic (exact) mass is 456 g/mol. The number of thiazole rings is 1. The van der Waals surface area contributed by atoms with Gasteiger partial charge in [0, 0.05) is 31.9 Å².